The summed E-state index contributed by atoms with van der Waals surface area (Å²) in [7, 11) is 0. The lowest BCUT2D eigenvalue weighted by Crippen LogP contribution is -1.94. The molecule has 0 heterocycles. The molecule has 0 fully saturated rings. The van der Waals surface area contributed by atoms with Crippen molar-refractivity contribution in [1.29, 1.82) is 0 Å². The van der Waals surface area contributed by atoms with E-state index in [1.165, 1.54) is 0 Å². The maximum absolute atomic E-state index is 10.7. The van der Waals surface area contributed by atoms with Gasteiger partial charge in [0.25, 0.3) is 0 Å². The SMILES string of the molecule is C=C=C(CCCC)C(C)=O. The van der Waals surface area contributed by atoms with Crippen molar-refractivity contribution in [3.8, 4) is 0 Å². The fraction of sp³-hybridized carbons (Fsp3) is 0.556. The van der Waals surface area contributed by atoms with Crippen LogP contribution in [0.15, 0.2) is 17.9 Å². The molecule has 1 heteroatoms. The second-order valence-electron chi connectivity index (χ2n) is 2.32. The largest absolute Gasteiger partial charge is 0.294 e. The third kappa shape index (κ3) is 3.26. The maximum atomic E-state index is 10.7. The summed E-state index contributed by atoms with van der Waals surface area (Å²) in [4.78, 5) is 10.7. The zero-order chi connectivity index (χ0) is 7.98. The lowest BCUT2D eigenvalue weighted by molar-refractivity contribution is -0.113. The van der Waals surface area contributed by atoms with Gasteiger partial charge in [-0.25, -0.2) is 0 Å². The van der Waals surface area contributed by atoms with E-state index >= 15 is 0 Å². The lowest BCUT2D eigenvalue weighted by atomic mass is 10.1. The molecule has 0 aliphatic carbocycles. The average molecular weight is 138 g/mol. The van der Waals surface area contributed by atoms with Crippen molar-refractivity contribution in [2.45, 2.75) is 33.1 Å². The number of ketones is 1. The number of unbranched alkanes of at least 4 members (excludes halogenated alkanes) is 1. The molecule has 0 bridgehead atoms. The number of allylic oxidation sites excluding steroid dienone is 1. The Morgan fingerprint density at radius 1 is 1.60 bits per heavy atom. The Morgan fingerprint density at radius 3 is 2.50 bits per heavy atom. The average Bonchev–Trinajstić information content (AvgIpc) is 1.89. The molecule has 0 rings (SSSR count). The molecular formula is C9H14O. The summed E-state index contributed by atoms with van der Waals surface area (Å²) in [5.74, 6) is 0.100. The standard InChI is InChI=1S/C9H14O/c1-4-6-7-9(5-2)8(3)10/h2,4,6-7H2,1,3H3. The van der Waals surface area contributed by atoms with Crippen LogP contribution in [0, 0.1) is 0 Å². The molecule has 0 saturated carbocycles. The van der Waals surface area contributed by atoms with Crippen LogP contribution in [-0.2, 0) is 4.79 Å². The zero-order valence-corrected chi connectivity index (χ0v) is 6.74. The first-order valence-corrected chi connectivity index (χ1v) is 3.62. The van der Waals surface area contributed by atoms with Gasteiger partial charge < -0.3 is 0 Å². The lowest BCUT2D eigenvalue weighted by Gasteiger charge is -1.96. The molecule has 0 spiro atoms. The Balaban J connectivity index is 3.87. The summed E-state index contributed by atoms with van der Waals surface area (Å²) in [6.07, 6.45) is 2.99. The minimum atomic E-state index is 0.100. The van der Waals surface area contributed by atoms with Gasteiger partial charge in [-0.1, -0.05) is 19.9 Å². The highest BCUT2D eigenvalue weighted by Gasteiger charge is 1.99. The summed E-state index contributed by atoms with van der Waals surface area (Å²) >= 11 is 0. The first-order chi connectivity index (χ1) is 4.72. The molecule has 0 saturated heterocycles. The van der Waals surface area contributed by atoms with Gasteiger partial charge in [0.2, 0.25) is 0 Å². The molecule has 0 aliphatic heterocycles. The number of carbonyl (C=O) groups excluding carboxylic acids is 1. The van der Waals surface area contributed by atoms with Gasteiger partial charge in [-0.3, -0.25) is 4.79 Å². The molecule has 0 aromatic carbocycles. The minimum Gasteiger partial charge on any atom is -0.294 e. The number of hydrogen-bond donors (Lipinski definition) is 0. The normalized spacial score (nSPS) is 8.60. The van der Waals surface area contributed by atoms with Crippen LogP contribution in [0.25, 0.3) is 0 Å². The molecule has 0 aromatic rings. The van der Waals surface area contributed by atoms with E-state index in [2.05, 4.69) is 19.2 Å². The predicted molar refractivity (Wildman–Crippen MR) is 42.9 cm³/mol. The van der Waals surface area contributed by atoms with E-state index in [0.717, 1.165) is 24.8 Å². The van der Waals surface area contributed by atoms with Crippen molar-refractivity contribution in [2.75, 3.05) is 0 Å². The van der Waals surface area contributed by atoms with Crippen molar-refractivity contribution in [2.24, 2.45) is 0 Å². The molecule has 0 aliphatic rings. The summed E-state index contributed by atoms with van der Waals surface area (Å²) in [6, 6.07) is 0. The first-order valence-electron chi connectivity index (χ1n) is 3.62. The van der Waals surface area contributed by atoms with E-state index in [9.17, 15) is 4.79 Å². The van der Waals surface area contributed by atoms with Crippen LogP contribution in [0.1, 0.15) is 33.1 Å². The van der Waals surface area contributed by atoms with Gasteiger partial charge in [-0.15, -0.1) is 5.73 Å². The molecule has 56 valence electrons. The molecule has 0 amide bonds. The molecule has 1 nitrogen and oxygen atoms in total. The number of Topliss-reactive ketones (excluding diaryl/α,β-unsaturated/α-hetero) is 1. The fourth-order valence-corrected chi connectivity index (χ4v) is 0.742. The minimum absolute atomic E-state index is 0.100. The van der Waals surface area contributed by atoms with Crippen LogP contribution in [0.4, 0.5) is 0 Å². The summed E-state index contributed by atoms with van der Waals surface area (Å²) in [6.45, 7) is 7.11. The molecule has 0 atom stereocenters. The highest BCUT2D eigenvalue weighted by molar-refractivity contribution is 5.92. The number of carbonyl (C=O) groups is 1. The Morgan fingerprint density at radius 2 is 2.20 bits per heavy atom. The van der Waals surface area contributed by atoms with Gasteiger partial charge in [-0.05, 0) is 19.8 Å². The number of hydrogen-bond acceptors (Lipinski definition) is 1. The Bertz CT molecular complexity index is 162. The monoisotopic (exact) mass is 138 g/mol. The smallest absolute Gasteiger partial charge is 0.163 e. The van der Waals surface area contributed by atoms with E-state index in [4.69, 9.17) is 0 Å². The quantitative estimate of drug-likeness (QED) is 0.431. The van der Waals surface area contributed by atoms with Crippen LogP contribution in [0.2, 0.25) is 0 Å². The van der Waals surface area contributed by atoms with Crippen LogP contribution < -0.4 is 0 Å². The van der Waals surface area contributed by atoms with Crippen molar-refractivity contribution in [3.05, 3.63) is 17.9 Å². The summed E-state index contributed by atoms with van der Waals surface area (Å²) in [5, 5.41) is 0. The third-order valence-corrected chi connectivity index (χ3v) is 1.42. The first kappa shape index (κ1) is 9.19. The van der Waals surface area contributed by atoms with E-state index in [0.29, 0.717) is 0 Å². The Hall–Kier alpha value is -0.810. The predicted octanol–water partition coefficient (Wildman–Crippen LogP) is 2.48. The van der Waals surface area contributed by atoms with Crippen molar-refractivity contribution >= 4 is 5.78 Å². The molecule has 0 unspecified atom stereocenters. The number of rotatable bonds is 4. The fourth-order valence-electron chi connectivity index (χ4n) is 0.742. The second-order valence-corrected chi connectivity index (χ2v) is 2.32. The van der Waals surface area contributed by atoms with Gasteiger partial charge in [-0.2, -0.15) is 0 Å². The molecule has 10 heavy (non-hydrogen) atoms. The van der Waals surface area contributed by atoms with Crippen molar-refractivity contribution in [1.82, 2.24) is 0 Å². The highest BCUT2D eigenvalue weighted by Crippen LogP contribution is 2.05. The topological polar surface area (TPSA) is 17.1 Å². The van der Waals surface area contributed by atoms with Crippen molar-refractivity contribution < 1.29 is 4.79 Å². The molecule has 0 N–H and O–H groups in total. The molecule has 0 aromatic heterocycles. The van der Waals surface area contributed by atoms with E-state index in [-0.39, 0.29) is 5.78 Å². The van der Waals surface area contributed by atoms with Gasteiger partial charge in [0.15, 0.2) is 5.78 Å². The second kappa shape index (κ2) is 5.01. The van der Waals surface area contributed by atoms with Gasteiger partial charge in [0.1, 0.15) is 0 Å². The van der Waals surface area contributed by atoms with Gasteiger partial charge in [0.05, 0.1) is 0 Å². The van der Waals surface area contributed by atoms with Crippen LogP contribution >= 0.6 is 0 Å². The van der Waals surface area contributed by atoms with Gasteiger partial charge in [0, 0.05) is 5.57 Å². The van der Waals surface area contributed by atoms with Crippen LogP contribution in [0.3, 0.4) is 0 Å². The van der Waals surface area contributed by atoms with E-state index in [1.54, 1.807) is 6.92 Å². The Kier molecular flexibility index (Phi) is 4.61. The maximum Gasteiger partial charge on any atom is 0.163 e. The third-order valence-electron chi connectivity index (χ3n) is 1.42. The van der Waals surface area contributed by atoms with Crippen molar-refractivity contribution in [3.63, 3.8) is 0 Å². The molecule has 0 radical (unpaired) electrons. The van der Waals surface area contributed by atoms with Crippen LogP contribution in [-0.4, -0.2) is 5.78 Å². The highest BCUT2D eigenvalue weighted by atomic mass is 16.1. The molecular weight excluding hydrogens is 124 g/mol. The van der Waals surface area contributed by atoms with Gasteiger partial charge >= 0.3 is 0 Å². The van der Waals surface area contributed by atoms with Crippen LogP contribution in [0.5, 0.6) is 0 Å². The summed E-state index contributed by atoms with van der Waals surface area (Å²) in [5.41, 5.74) is 3.39. The zero-order valence-electron chi connectivity index (χ0n) is 6.74. The summed E-state index contributed by atoms with van der Waals surface area (Å²) < 4.78 is 0. The Labute approximate surface area is 62.4 Å². The van der Waals surface area contributed by atoms with E-state index in [1.807, 2.05) is 0 Å². The van der Waals surface area contributed by atoms with E-state index < -0.39 is 0 Å².